The van der Waals surface area contributed by atoms with Crippen molar-refractivity contribution in [3.05, 3.63) is 71.7 Å². The molecule has 0 saturated carbocycles. The third-order valence-electron chi connectivity index (χ3n) is 5.32. The number of amides is 1. The summed E-state index contributed by atoms with van der Waals surface area (Å²) in [5.41, 5.74) is 2.30. The number of ether oxygens (including phenoxy) is 2. The molecule has 0 bridgehead atoms. The summed E-state index contributed by atoms with van der Waals surface area (Å²) >= 11 is 0. The van der Waals surface area contributed by atoms with E-state index in [2.05, 4.69) is 10.4 Å². The maximum atomic E-state index is 13.4. The third kappa shape index (κ3) is 5.30. The molecule has 1 N–H and O–H groups in total. The van der Waals surface area contributed by atoms with Crippen molar-refractivity contribution in [3.63, 3.8) is 0 Å². The molecule has 0 spiro atoms. The molecular weight excluding hydrogens is 397 g/mol. The van der Waals surface area contributed by atoms with Crippen molar-refractivity contribution in [2.45, 2.75) is 38.7 Å². The first-order valence-corrected chi connectivity index (χ1v) is 10.6. The van der Waals surface area contributed by atoms with Crippen molar-refractivity contribution in [1.29, 1.82) is 0 Å². The van der Waals surface area contributed by atoms with E-state index in [1.807, 2.05) is 37.3 Å². The highest BCUT2D eigenvalue weighted by atomic mass is 19.1. The summed E-state index contributed by atoms with van der Waals surface area (Å²) in [6, 6.07) is 15.5. The Balaban J connectivity index is 1.54. The summed E-state index contributed by atoms with van der Waals surface area (Å²) in [6.07, 6.45) is 2.94. The van der Waals surface area contributed by atoms with Crippen LogP contribution in [0.15, 0.2) is 54.6 Å². The van der Waals surface area contributed by atoms with Crippen LogP contribution in [0.25, 0.3) is 5.69 Å². The van der Waals surface area contributed by atoms with Crippen LogP contribution in [-0.2, 0) is 16.0 Å². The smallest absolute Gasteiger partial charge is 0.226 e. The Kier molecular flexibility index (Phi) is 6.62. The van der Waals surface area contributed by atoms with Gasteiger partial charge in [0.1, 0.15) is 11.6 Å². The molecule has 0 aliphatic carbocycles. The molecule has 1 unspecified atom stereocenters. The van der Waals surface area contributed by atoms with E-state index in [4.69, 9.17) is 9.47 Å². The molecule has 3 aromatic rings. The molecule has 1 aliphatic heterocycles. The molecule has 31 heavy (non-hydrogen) atoms. The Hall–Kier alpha value is -3.19. The summed E-state index contributed by atoms with van der Waals surface area (Å²) in [4.78, 5) is 12.4. The van der Waals surface area contributed by atoms with E-state index in [-0.39, 0.29) is 17.8 Å². The number of hydrogen-bond donors (Lipinski definition) is 1. The molecule has 6 nitrogen and oxygen atoms in total. The van der Waals surface area contributed by atoms with E-state index in [0.29, 0.717) is 36.7 Å². The monoisotopic (exact) mass is 423 g/mol. The van der Waals surface area contributed by atoms with E-state index in [9.17, 15) is 9.18 Å². The van der Waals surface area contributed by atoms with Gasteiger partial charge in [0, 0.05) is 25.1 Å². The summed E-state index contributed by atoms with van der Waals surface area (Å²) < 4.78 is 26.8. The van der Waals surface area contributed by atoms with Crippen LogP contribution in [0, 0.1) is 12.7 Å². The SMILES string of the molecule is Cc1nn(-c2ccc(F)cc2)c(Oc2ccccc2)c1CCC(=O)NCC1CCCO1. The fourth-order valence-electron chi connectivity index (χ4n) is 3.65. The molecule has 4 rings (SSSR count). The first-order valence-electron chi connectivity index (χ1n) is 10.6. The molecular formula is C24H26FN3O3. The van der Waals surface area contributed by atoms with Gasteiger partial charge in [-0.25, -0.2) is 9.07 Å². The Bertz CT molecular complexity index is 1010. The highest BCUT2D eigenvalue weighted by Gasteiger charge is 2.21. The maximum Gasteiger partial charge on any atom is 0.226 e. The highest BCUT2D eigenvalue weighted by molar-refractivity contribution is 5.76. The number of carbonyl (C=O) groups excluding carboxylic acids is 1. The number of benzene rings is 2. The lowest BCUT2D eigenvalue weighted by Crippen LogP contribution is -2.31. The molecule has 2 aromatic carbocycles. The molecule has 0 radical (unpaired) electrons. The number of para-hydroxylation sites is 1. The quantitative estimate of drug-likeness (QED) is 0.585. The minimum Gasteiger partial charge on any atom is -0.439 e. The van der Waals surface area contributed by atoms with Crippen molar-refractivity contribution in [2.75, 3.05) is 13.2 Å². The number of nitrogens with zero attached hydrogens (tertiary/aromatic N) is 2. The second-order valence-corrected chi connectivity index (χ2v) is 7.61. The van der Waals surface area contributed by atoms with Crippen LogP contribution in [0.1, 0.15) is 30.5 Å². The van der Waals surface area contributed by atoms with Crippen molar-refractivity contribution in [1.82, 2.24) is 15.1 Å². The van der Waals surface area contributed by atoms with Gasteiger partial charge in [-0.2, -0.15) is 5.10 Å². The van der Waals surface area contributed by atoms with Gasteiger partial charge >= 0.3 is 0 Å². The standard InChI is InChI=1S/C24H26FN3O3/c1-17-22(13-14-23(29)26-16-21-8-5-15-30-21)24(31-20-6-3-2-4-7-20)28(27-17)19-11-9-18(25)10-12-19/h2-4,6-7,9-12,21H,5,8,13-16H2,1H3,(H,26,29). The molecule has 1 aliphatic rings. The Labute approximate surface area is 181 Å². The van der Waals surface area contributed by atoms with Gasteiger partial charge < -0.3 is 14.8 Å². The summed E-state index contributed by atoms with van der Waals surface area (Å²) in [7, 11) is 0. The van der Waals surface area contributed by atoms with Gasteiger partial charge in [0.05, 0.1) is 17.5 Å². The minimum atomic E-state index is -0.318. The Morgan fingerprint density at radius 1 is 1.23 bits per heavy atom. The molecule has 1 saturated heterocycles. The van der Waals surface area contributed by atoms with E-state index in [1.54, 1.807) is 16.8 Å². The van der Waals surface area contributed by atoms with Crippen LogP contribution in [-0.4, -0.2) is 34.9 Å². The van der Waals surface area contributed by atoms with Gasteiger partial charge in [-0.05, 0) is 62.6 Å². The molecule has 1 aromatic heterocycles. The van der Waals surface area contributed by atoms with Gasteiger partial charge in [0.15, 0.2) is 0 Å². The minimum absolute atomic E-state index is 0.0323. The largest absolute Gasteiger partial charge is 0.439 e. The molecule has 162 valence electrons. The van der Waals surface area contributed by atoms with E-state index < -0.39 is 0 Å². The number of nitrogens with one attached hydrogen (secondary N) is 1. The van der Waals surface area contributed by atoms with E-state index in [0.717, 1.165) is 30.7 Å². The van der Waals surface area contributed by atoms with E-state index >= 15 is 0 Å². The third-order valence-corrected chi connectivity index (χ3v) is 5.32. The zero-order chi connectivity index (χ0) is 21.6. The maximum absolute atomic E-state index is 13.4. The molecule has 1 fully saturated rings. The van der Waals surface area contributed by atoms with Crippen molar-refractivity contribution in [2.24, 2.45) is 0 Å². The average Bonchev–Trinajstić information content (AvgIpc) is 3.40. The predicted octanol–water partition coefficient (Wildman–Crippen LogP) is 4.34. The van der Waals surface area contributed by atoms with Crippen LogP contribution in [0.4, 0.5) is 4.39 Å². The Morgan fingerprint density at radius 3 is 2.71 bits per heavy atom. The van der Waals surface area contributed by atoms with Crippen molar-refractivity contribution in [3.8, 4) is 17.3 Å². The average molecular weight is 423 g/mol. The molecule has 1 amide bonds. The highest BCUT2D eigenvalue weighted by Crippen LogP contribution is 2.31. The van der Waals surface area contributed by atoms with E-state index in [1.165, 1.54) is 12.1 Å². The van der Waals surface area contributed by atoms with Crippen LogP contribution in [0.5, 0.6) is 11.6 Å². The summed E-state index contributed by atoms with van der Waals surface area (Å²) in [5, 5.41) is 7.57. The fraction of sp³-hybridized carbons (Fsp3) is 0.333. The number of halogens is 1. The normalized spacial score (nSPS) is 15.7. The fourth-order valence-corrected chi connectivity index (χ4v) is 3.65. The second kappa shape index (κ2) is 9.75. The van der Waals surface area contributed by atoms with Gasteiger partial charge in [-0.1, -0.05) is 18.2 Å². The van der Waals surface area contributed by atoms with Gasteiger partial charge in [0.2, 0.25) is 11.8 Å². The second-order valence-electron chi connectivity index (χ2n) is 7.61. The van der Waals surface area contributed by atoms with Gasteiger partial charge in [-0.15, -0.1) is 0 Å². The van der Waals surface area contributed by atoms with Gasteiger partial charge in [0.25, 0.3) is 0 Å². The van der Waals surface area contributed by atoms with Crippen LogP contribution >= 0.6 is 0 Å². The van der Waals surface area contributed by atoms with Crippen LogP contribution in [0.2, 0.25) is 0 Å². The lowest BCUT2D eigenvalue weighted by Gasteiger charge is -2.12. The zero-order valence-corrected chi connectivity index (χ0v) is 17.5. The number of carbonyl (C=O) groups is 1. The summed E-state index contributed by atoms with van der Waals surface area (Å²) in [6.45, 7) is 3.19. The number of aromatic nitrogens is 2. The Morgan fingerprint density at radius 2 is 2.00 bits per heavy atom. The lowest BCUT2D eigenvalue weighted by molar-refractivity contribution is -0.121. The van der Waals surface area contributed by atoms with Crippen molar-refractivity contribution < 1.29 is 18.7 Å². The van der Waals surface area contributed by atoms with Crippen LogP contribution < -0.4 is 10.1 Å². The zero-order valence-electron chi connectivity index (χ0n) is 17.5. The molecule has 1 atom stereocenters. The number of aryl methyl sites for hydroxylation is 1. The van der Waals surface area contributed by atoms with Crippen molar-refractivity contribution >= 4 is 5.91 Å². The van der Waals surface area contributed by atoms with Gasteiger partial charge in [-0.3, -0.25) is 4.79 Å². The predicted molar refractivity (Wildman–Crippen MR) is 115 cm³/mol. The number of rotatable bonds is 8. The first kappa shape index (κ1) is 21.1. The molecule has 2 heterocycles. The van der Waals surface area contributed by atoms with Crippen LogP contribution in [0.3, 0.4) is 0 Å². The molecule has 7 heteroatoms. The topological polar surface area (TPSA) is 65.4 Å². The summed E-state index contributed by atoms with van der Waals surface area (Å²) in [5.74, 6) is 0.841. The first-order chi connectivity index (χ1) is 15.1. The lowest BCUT2D eigenvalue weighted by atomic mass is 10.1. The number of hydrogen-bond acceptors (Lipinski definition) is 4.